The molecule has 23 heavy (non-hydrogen) atoms. The molecule has 0 aliphatic carbocycles. The maximum absolute atomic E-state index is 11.8. The quantitative estimate of drug-likeness (QED) is 0.506. The Morgan fingerprint density at radius 1 is 1.17 bits per heavy atom. The smallest absolute Gasteiger partial charge is 0.277 e. The lowest BCUT2D eigenvalue weighted by molar-refractivity contribution is -0.123. The van der Waals surface area contributed by atoms with Crippen LogP contribution in [-0.2, 0) is 4.79 Å². The molecule has 0 heterocycles. The van der Waals surface area contributed by atoms with Gasteiger partial charge in [0.2, 0.25) is 0 Å². The van der Waals surface area contributed by atoms with Crippen LogP contribution in [0.3, 0.4) is 0 Å². The van der Waals surface area contributed by atoms with Gasteiger partial charge < -0.3 is 10.5 Å². The SMILES string of the molecule is CC(=NNC(=O)COc1cc(C)ccc1C)c1ccc(N)cc1. The second kappa shape index (κ2) is 7.45. The first-order valence-corrected chi connectivity index (χ1v) is 7.35. The third kappa shape index (κ3) is 4.85. The number of amides is 1. The maximum atomic E-state index is 11.8. The molecule has 0 aliphatic heterocycles. The van der Waals surface area contributed by atoms with E-state index in [0.717, 1.165) is 16.7 Å². The number of nitrogens with zero attached hydrogens (tertiary/aromatic N) is 1. The summed E-state index contributed by atoms with van der Waals surface area (Å²) >= 11 is 0. The highest BCUT2D eigenvalue weighted by atomic mass is 16.5. The summed E-state index contributed by atoms with van der Waals surface area (Å²) < 4.78 is 5.54. The predicted molar refractivity (Wildman–Crippen MR) is 92.6 cm³/mol. The van der Waals surface area contributed by atoms with Crippen LogP contribution in [0.1, 0.15) is 23.6 Å². The van der Waals surface area contributed by atoms with E-state index in [1.807, 2.05) is 51.1 Å². The molecule has 1 amide bonds. The maximum Gasteiger partial charge on any atom is 0.277 e. The molecule has 0 fully saturated rings. The van der Waals surface area contributed by atoms with Gasteiger partial charge in [0.15, 0.2) is 6.61 Å². The number of nitrogens with two attached hydrogens (primary N) is 1. The molecule has 0 atom stereocenters. The third-order valence-electron chi connectivity index (χ3n) is 3.38. The Balaban J connectivity index is 1.90. The van der Waals surface area contributed by atoms with Gasteiger partial charge in [-0.2, -0.15) is 5.10 Å². The largest absolute Gasteiger partial charge is 0.483 e. The van der Waals surface area contributed by atoms with Gasteiger partial charge in [-0.1, -0.05) is 24.3 Å². The van der Waals surface area contributed by atoms with Crippen molar-refractivity contribution >= 4 is 17.3 Å². The molecular weight excluding hydrogens is 290 g/mol. The summed E-state index contributed by atoms with van der Waals surface area (Å²) in [5.41, 5.74) is 12.5. The number of ether oxygens (including phenoxy) is 1. The van der Waals surface area contributed by atoms with Crippen LogP contribution in [0.25, 0.3) is 0 Å². The Labute approximate surface area is 136 Å². The Hall–Kier alpha value is -2.82. The molecule has 0 unspecified atom stereocenters. The first-order chi connectivity index (χ1) is 11.0. The first kappa shape index (κ1) is 16.5. The minimum Gasteiger partial charge on any atom is -0.483 e. The highest BCUT2D eigenvalue weighted by Crippen LogP contribution is 2.18. The van der Waals surface area contributed by atoms with Crippen LogP contribution in [0.5, 0.6) is 5.75 Å². The predicted octanol–water partition coefficient (Wildman–Crippen LogP) is 2.80. The highest BCUT2D eigenvalue weighted by molar-refractivity contribution is 5.99. The van der Waals surface area contributed by atoms with Crippen LogP contribution in [0.15, 0.2) is 47.6 Å². The van der Waals surface area contributed by atoms with Crippen LogP contribution in [0.2, 0.25) is 0 Å². The van der Waals surface area contributed by atoms with Gasteiger partial charge >= 0.3 is 0 Å². The van der Waals surface area contributed by atoms with Crippen molar-refractivity contribution < 1.29 is 9.53 Å². The molecule has 0 saturated carbocycles. The average molecular weight is 311 g/mol. The molecule has 5 nitrogen and oxygen atoms in total. The van der Waals surface area contributed by atoms with Gasteiger partial charge in [-0.25, -0.2) is 5.43 Å². The summed E-state index contributed by atoms with van der Waals surface area (Å²) in [6, 6.07) is 13.2. The molecule has 0 spiro atoms. The van der Waals surface area contributed by atoms with Crippen molar-refractivity contribution in [3.63, 3.8) is 0 Å². The van der Waals surface area contributed by atoms with Gasteiger partial charge in [-0.05, 0) is 55.7 Å². The number of hydrazone groups is 1. The van der Waals surface area contributed by atoms with Crippen molar-refractivity contribution in [1.29, 1.82) is 0 Å². The second-order valence-electron chi connectivity index (χ2n) is 5.41. The standard InChI is InChI=1S/C18H21N3O2/c1-12-4-5-13(2)17(10-12)23-11-18(22)21-20-14(3)15-6-8-16(19)9-7-15/h4-10H,11,19H2,1-3H3,(H,21,22). The van der Waals surface area contributed by atoms with Crippen molar-refractivity contribution in [2.75, 3.05) is 12.3 Å². The fraction of sp³-hybridized carbons (Fsp3) is 0.222. The lowest BCUT2D eigenvalue weighted by Gasteiger charge is -2.09. The van der Waals surface area contributed by atoms with Crippen molar-refractivity contribution in [2.45, 2.75) is 20.8 Å². The molecule has 120 valence electrons. The zero-order chi connectivity index (χ0) is 16.8. The summed E-state index contributed by atoms with van der Waals surface area (Å²) in [6.07, 6.45) is 0. The Bertz CT molecular complexity index is 722. The topological polar surface area (TPSA) is 76.7 Å². The number of carbonyl (C=O) groups excluding carboxylic acids is 1. The Morgan fingerprint density at radius 3 is 2.57 bits per heavy atom. The summed E-state index contributed by atoms with van der Waals surface area (Å²) in [5.74, 6) is 0.403. The van der Waals surface area contributed by atoms with Gasteiger partial charge in [-0.3, -0.25) is 4.79 Å². The van der Waals surface area contributed by atoms with Crippen LogP contribution in [0, 0.1) is 13.8 Å². The van der Waals surface area contributed by atoms with Crippen molar-refractivity contribution in [3.05, 3.63) is 59.2 Å². The molecule has 2 aromatic carbocycles. The second-order valence-corrected chi connectivity index (χ2v) is 5.41. The lowest BCUT2D eigenvalue weighted by atomic mass is 10.1. The molecule has 2 aromatic rings. The van der Waals surface area contributed by atoms with E-state index in [1.165, 1.54) is 0 Å². The van der Waals surface area contributed by atoms with E-state index >= 15 is 0 Å². The molecule has 0 radical (unpaired) electrons. The summed E-state index contributed by atoms with van der Waals surface area (Å²) in [6.45, 7) is 5.66. The fourth-order valence-corrected chi connectivity index (χ4v) is 1.97. The van der Waals surface area contributed by atoms with E-state index in [4.69, 9.17) is 10.5 Å². The number of rotatable bonds is 5. The number of benzene rings is 2. The number of carbonyl (C=O) groups is 1. The van der Waals surface area contributed by atoms with Crippen LogP contribution in [0.4, 0.5) is 5.69 Å². The number of hydrogen-bond donors (Lipinski definition) is 2. The summed E-state index contributed by atoms with van der Waals surface area (Å²) in [5, 5.41) is 4.07. The van der Waals surface area contributed by atoms with E-state index in [9.17, 15) is 4.79 Å². The van der Waals surface area contributed by atoms with E-state index in [0.29, 0.717) is 17.1 Å². The van der Waals surface area contributed by atoms with E-state index in [1.54, 1.807) is 12.1 Å². The average Bonchev–Trinajstić information content (AvgIpc) is 2.54. The molecule has 0 bridgehead atoms. The number of hydrogen-bond acceptors (Lipinski definition) is 4. The number of anilines is 1. The molecule has 0 aromatic heterocycles. The van der Waals surface area contributed by atoms with Crippen molar-refractivity contribution in [1.82, 2.24) is 5.43 Å². The lowest BCUT2D eigenvalue weighted by Crippen LogP contribution is -2.25. The van der Waals surface area contributed by atoms with E-state index < -0.39 is 0 Å². The van der Waals surface area contributed by atoms with Gasteiger partial charge in [0.1, 0.15) is 5.75 Å². The van der Waals surface area contributed by atoms with Gasteiger partial charge in [0, 0.05) is 5.69 Å². The van der Waals surface area contributed by atoms with Crippen LogP contribution in [-0.4, -0.2) is 18.2 Å². The number of aryl methyl sites for hydroxylation is 2. The fourth-order valence-electron chi connectivity index (χ4n) is 1.97. The third-order valence-corrected chi connectivity index (χ3v) is 3.38. The monoisotopic (exact) mass is 311 g/mol. The van der Waals surface area contributed by atoms with E-state index in [2.05, 4.69) is 10.5 Å². The van der Waals surface area contributed by atoms with Gasteiger partial charge in [-0.15, -0.1) is 0 Å². The molecular formula is C18H21N3O2. The molecule has 5 heteroatoms. The highest BCUT2D eigenvalue weighted by Gasteiger charge is 2.05. The number of nitrogen functional groups attached to an aromatic ring is 1. The van der Waals surface area contributed by atoms with Crippen LogP contribution >= 0.6 is 0 Å². The van der Waals surface area contributed by atoms with Crippen LogP contribution < -0.4 is 15.9 Å². The Morgan fingerprint density at radius 2 is 1.87 bits per heavy atom. The van der Waals surface area contributed by atoms with Gasteiger partial charge in [0.25, 0.3) is 5.91 Å². The van der Waals surface area contributed by atoms with Crippen molar-refractivity contribution in [3.8, 4) is 5.75 Å². The molecule has 0 saturated heterocycles. The molecule has 0 aliphatic rings. The van der Waals surface area contributed by atoms with Gasteiger partial charge in [0.05, 0.1) is 5.71 Å². The minimum absolute atomic E-state index is 0.0805. The zero-order valence-corrected chi connectivity index (χ0v) is 13.6. The molecule has 2 rings (SSSR count). The van der Waals surface area contributed by atoms with Crippen molar-refractivity contribution in [2.24, 2.45) is 5.10 Å². The first-order valence-electron chi connectivity index (χ1n) is 7.35. The van der Waals surface area contributed by atoms with E-state index in [-0.39, 0.29) is 12.5 Å². The molecule has 3 N–H and O–H groups in total. The summed E-state index contributed by atoms with van der Waals surface area (Å²) in [4.78, 5) is 11.8. The zero-order valence-electron chi connectivity index (χ0n) is 13.6. The minimum atomic E-state index is -0.305. The number of nitrogens with one attached hydrogen (secondary N) is 1. The normalized spacial score (nSPS) is 11.2. The summed E-state index contributed by atoms with van der Waals surface area (Å²) in [7, 11) is 0. The Kier molecular flexibility index (Phi) is 5.36.